The molecule has 0 aliphatic carbocycles. The SMILES string of the molecule is CCCCC(C)C(CC)NCCC. The Morgan fingerprint density at radius 1 is 1.08 bits per heavy atom. The first kappa shape index (κ1) is 13.0. The van der Waals surface area contributed by atoms with Crippen molar-refractivity contribution in [2.45, 2.75) is 65.8 Å². The summed E-state index contributed by atoms with van der Waals surface area (Å²) >= 11 is 0. The molecule has 0 saturated heterocycles. The van der Waals surface area contributed by atoms with Crippen molar-refractivity contribution in [2.24, 2.45) is 5.92 Å². The van der Waals surface area contributed by atoms with E-state index in [1.165, 1.54) is 38.6 Å². The highest BCUT2D eigenvalue weighted by Gasteiger charge is 2.13. The lowest BCUT2D eigenvalue weighted by atomic mass is 9.94. The lowest BCUT2D eigenvalue weighted by Gasteiger charge is -2.23. The summed E-state index contributed by atoms with van der Waals surface area (Å²) in [6.07, 6.45) is 6.60. The molecule has 0 aromatic heterocycles. The summed E-state index contributed by atoms with van der Waals surface area (Å²) in [7, 11) is 0. The summed E-state index contributed by atoms with van der Waals surface area (Å²) in [6.45, 7) is 10.3. The minimum absolute atomic E-state index is 0.742. The van der Waals surface area contributed by atoms with Crippen molar-refractivity contribution in [2.75, 3.05) is 6.54 Å². The van der Waals surface area contributed by atoms with Gasteiger partial charge in [-0.05, 0) is 31.7 Å². The molecule has 0 amide bonds. The monoisotopic (exact) mass is 185 g/mol. The van der Waals surface area contributed by atoms with Gasteiger partial charge in [0.2, 0.25) is 0 Å². The first-order valence-corrected chi connectivity index (χ1v) is 5.99. The average Bonchev–Trinajstić information content (AvgIpc) is 2.16. The molecule has 0 radical (unpaired) electrons. The minimum atomic E-state index is 0.742. The zero-order valence-electron chi connectivity index (χ0n) is 9.90. The Labute approximate surface area is 84.3 Å². The van der Waals surface area contributed by atoms with Crippen LogP contribution in [0.3, 0.4) is 0 Å². The van der Waals surface area contributed by atoms with Gasteiger partial charge in [-0.3, -0.25) is 0 Å². The fourth-order valence-corrected chi connectivity index (χ4v) is 1.80. The summed E-state index contributed by atoms with van der Waals surface area (Å²) in [5, 5.41) is 3.63. The molecule has 0 saturated carbocycles. The molecule has 0 aromatic carbocycles. The van der Waals surface area contributed by atoms with Gasteiger partial charge in [-0.2, -0.15) is 0 Å². The zero-order valence-corrected chi connectivity index (χ0v) is 9.90. The van der Waals surface area contributed by atoms with E-state index in [1.54, 1.807) is 0 Å². The maximum Gasteiger partial charge on any atom is 0.00900 e. The standard InChI is InChI=1S/C12H27N/c1-5-8-9-11(4)12(7-3)13-10-6-2/h11-13H,5-10H2,1-4H3. The van der Waals surface area contributed by atoms with Gasteiger partial charge in [0, 0.05) is 6.04 Å². The van der Waals surface area contributed by atoms with Gasteiger partial charge >= 0.3 is 0 Å². The van der Waals surface area contributed by atoms with E-state index in [2.05, 4.69) is 33.0 Å². The fraction of sp³-hybridized carbons (Fsp3) is 1.00. The summed E-state index contributed by atoms with van der Waals surface area (Å²) in [5.74, 6) is 0.844. The molecule has 0 bridgehead atoms. The summed E-state index contributed by atoms with van der Waals surface area (Å²) in [4.78, 5) is 0. The third-order valence-corrected chi connectivity index (χ3v) is 2.80. The van der Waals surface area contributed by atoms with Crippen molar-refractivity contribution in [3.05, 3.63) is 0 Å². The third kappa shape index (κ3) is 6.09. The second kappa shape index (κ2) is 8.55. The second-order valence-electron chi connectivity index (χ2n) is 4.09. The number of hydrogen-bond acceptors (Lipinski definition) is 1. The highest BCUT2D eigenvalue weighted by molar-refractivity contribution is 4.71. The van der Waals surface area contributed by atoms with E-state index in [0.717, 1.165) is 12.0 Å². The second-order valence-corrected chi connectivity index (χ2v) is 4.09. The van der Waals surface area contributed by atoms with Crippen LogP contribution in [0.1, 0.15) is 59.8 Å². The van der Waals surface area contributed by atoms with Gasteiger partial charge in [-0.1, -0.05) is 40.5 Å². The van der Waals surface area contributed by atoms with E-state index in [9.17, 15) is 0 Å². The molecule has 1 nitrogen and oxygen atoms in total. The van der Waals surface area contributed by atoms with Crippen LogP contribution < -0.4 is 5.32 Å². The molecule has 2 atom stereocenters. The van der Waals surface area contributed by atoms with Crippen molar-refractivity contribution in [1.82, 2.24) is 5.32 Å². The third-order valence-electron chi connectivity index (χ3n) is 2.80. The van der Waals surface area contributed by atoms with Crippen LogP contribution >= 0.6 is 0 Å². The Morgan fingerprint density at radius 3 is 2.23 bits per heavy atom. The van der Waals surface area contributed by atoms with Crippen LogP contribution in [0, 0.1) is 5.92 Å². The van der Waals surface area contributed by atoms with E-state index in [-0.39, 0.29) is 0 Å². The summed E-state index contributed by atoms with van der Waals surface area (Å²) in [5.41, 5.74) is 0. The molecule has 0 rings (SSSR count). The van der Waals surface area contributed by atoms with Gasteiger partial charge in [0.25, 0.3) is 0 Å². The van der Waals surface area contributed by atoms with Crippen LogP contribution in [-0.2, 0) is 0 Å². The van der Waals surface area contributed by atoms with E-state index >= 15 is 0 Å². The Morgan fingerprint density at radius 2 is 1.77 bits per heavy atom. The Bertz CT molecular complexity index is 101. The normalized spacial score (nSPS) is 15.7. The molecule has 1 heteroatoms. The fourth-order valence-electron chi connectivity index (χ4n) is 1.80. The predicted octanol–water partition coefficient (Wildman–Crippen LogP) is 3.59. The van der Waals surface area contributed by atoms with Crippen molar-refractivity contribution < 1.29 is 0 Å². The van der Waals surface area contributed by atoms with Gasteiger partial charge in [-0.25, -0.2) is 0 Å². The maximum atomic E-state index is 3.63. The Hall–Kier alpha value is -0.0400. The number of hydrogen-bond donors (Lipinski definition) is 1. The summed E-state index contributed by atoms with van der Waals surface area (Å²) < 4.78 is 0. The van der Waals surface area contributed by atoms with Crippen molar-refractivity contribution in [3.63, 3.8) is 0 Å². The van der Waals surface area contributed by atoms with Crippen LogP contribution in [-0.4, -0.2) is 12.6 Å². The molecule has 2 unspecified atom stereocenters. The van der Waals surface area contributed by atoms with Crippen LogP contribution in [0.15, 0.2) is 0 Å². The number of rotatable bonds is 8. The zero-order chi connectivity index (χ0) is 10.1. The maximum absolute atomic E-state index is 3.63. The van der Waals surface area contributed by atoms with Crippen LogP contribution in [0.25, 0.3) is 0 Å². The van der Waals surface area contributed by atoms with E-state index < -0.39 is 0 Å². The van der Waals surface area contributed by atoms with Gasteiger partial charge in [-0.15, -0.1) is 0 Å². The largest absolute Gasteiger partial charge is 0.314 e. The molecule has 0 aliphatic rings. The molecular formula is C12H27N. The van der Waals surface area contributed by atoms with Gasteiger partial charge in [0.05, 0.1) is 0 Å². The number of unbranched alkanes of at least 4 members (excludes halogenated alkanes) is 1. The smallest absolute Gasteiger partial charge is 0.00900 e. The van der Waals surface area contributed by atoms with Gasteiger partial charge in [0.1, 0.15) is 0 Å². The molecule has 0 aromatic rings. The topological polar surface area (TPSA) is 12.0 Å². The lowest BCUT2D eigenvalue weighted by Crippen LogP contribution is -2.34. The molecule has 0 spiro atoms. The summed E-state index contributed by atoms with van der Waals surface area (Å²) in [6, 6.07) is 0.742. The molecule has 80 valence electrons. The lowest BCUT2D eigenvalue weighted by molar-refractivity contribution is 0.341. The van der Waals surface area contributed by atoms with Gasteiger partial charge < -0.3 is 5.32 Å². The van der Waals surface area contributed by atoms with Crippen molar-refractivity contribution in [3.8, 4) is 0 Å². The molecule has 0 heterocycles. The number of nitrogens with one attached hydrogen (secondary N) is 1. The predicted molar refractivity (Wildman–Crippen MR) is 61.1 cm³/mol. The van der Waals surface area contributed by atoms with E-state index in [4.69, 9.17) is 0 Å². The van der Waals surface area contributed by atoms with E-state index in [1.807, 2.05) is 0 Å². The highest BCUT2D eigenvalue weighted by Crippen LogP contribution is 2.14. The molecular weight excluding hydrogens is 158 g/mol. The Balaban J connectivity index is 3.63. The van der Waals surface area contributed by atoms with Crippen molar-refractivity contribution >= 4 is 0 Å². The molecule has 13 heavy (non-hydrogen) atoms. The van der Waals surface area contributed by atoms with Gasteiger partial charge in [0.15, 0.2) is 0 Å². The first-order valence-electron chi connectivity index (χ1n) is 5.99. The molecule has 1 N–H and O–H groups in total. The molecule has 0 aliphatic heterocycles. The quantitative estimate of drug-likeness (QED) is 0.609. The first-order chi connectivity index (χ1) is 6.26. The molecule has 0 fully saturated rings. The van der Waals surface area contributed by atoms with E-state index in [0.29, 0.717) is 0 Å². The highest BCUT2D eigenvalue weighted by atomic mass is 14.9. The average molecular weight is 185 g/mol. The van der Waals surface area contributed by atoms with Crippen LogP contribution in [0.4, 0.5) is 0 Å². The van der Waals surface area contributed by atoms with Crippen LogP contribution in [0.2, 0.25) is 0 Å². The minimum Gasteiger partial charge on any atom is -0.314 e. The van der Waals surface area contributed by atoms with Crippen molar-refractivity contribution in [1.29, 1.82) is 0 Å². The Kier molecular flexibility index (Phi) is 8.53. The van der Waals surface area contributed by atoms with Crippen LogP contribution in [0.5, 0.6) is 0 Å².